The molecule has 6 heteroatoms. The van der Waals surface area contributed by atoms with Crippen LogP contribution < -0.4 is 14.8 Å². The zero-order chi connectivity index (χ0) is 15.4. The van der Waals surface area contributed by atoms with Crippen molar-refractivity contribution in [2.75, 3.05) is 19.5 Å². The number of methoxy groups -OCH3 is 2. The fourth-order valence-electron chi connectivity index (χ4n) is 1.85. The second kappa shape index (κ2) is 6.45. The third-order valence-corrected chi connectivity index (χ3v) is 3.22. The number of carbonyl (C=O) groups is 1. The fourth-order valence-corrected chi connectivity index (χ4v) is 2.13. The van der Waals surface area contributed by atoms with Crippen molar-refractivity contribution in [1.29, 1.82) is 0 Å². The maximum atomic E-state index is 12.3. The zero-order valence-corrected chi connectivity index (χ0v) is 12.7. The van der Waals surface area contributed by atoms with E-state index in [0.717, 1.165) is 5.56 Å². The van der Waals surface area contributed by atoms with Gasteiger partial charge in [0.15, 0.2) is 11.5 Å². The van der Waals surface area contributed by atoms with Gasteiger partial charge in [0.25, 0.3) is 5.91 Å². The summed E-state index contributed by atoms with van der Waals surface area (Å²) in [4.78, 5) is 16.4. The molecule has 0 atom stereocenters. The van der Waals surface area contributed by atoms with Gasteiger partial charge in [-0.3, -0.25) is 4.79 Å². The molecule has 0 saturated heterocycles. The molecule has 2 aromatic rings. The highest BCUT2D eigenvalue weighted by molar-refractivity contribution is 6.32. The average Bonchev–Trinajstić information content (AvgIpc) is 2.48. The van der Waals surface area contributed by atoms with Crippen LogP contribution >= 0.6 is 11.6 Å². The van der Waals surface area contributed by atoms with E-state index in [9.17, 15) is 4.79 Å². The summed E-state index contributed by atoms with van der Waals surface area (Å²) in [5.74, 6) is 0.977. The summed E-state index contributed by atoms with van der Waals surface area (Å²) >= 11 is 6.09. The highest BCUT2D eigenvalue weighted by Crippen LogP contribution is 2.36. The Balaban J connectivity index is 2.32. The monoisotopic (exact) mass is 306 g/mol. The van der Waals surface area contributed by atoms with E-state index in [0.29, 0.717) is 27.9 Å². The number of hydrogen-bond donors (Lipinski definition) is 1. The van der Waals surface area contributed by atoms with Crippen molar-refractivity contribution in [3.63, 3.8) is 0 Å². The molecule has 0 aliphatic rings. The van der Waals surface area contributed by atoms with E-state index < -0.39 is 0 Å². The van der Waals surface area contributed by atoms with Gasteiger partial charge < -0.3 is 14.8 Å². The van der Waals surface area contributed by atoms with Crippen molar-refractivity contribution >= 4 is 23.3 Å². The highest BCUT2D eigenvalue weighted by Gasteiger charge is 2.16. The number of anilines is 1. The van der Waals surface area contributed by atoms with Gasteiger partial charge in [0.05, 0.1) is 19.2 Å². The molecule has 2 rings (SSSR count). The van der Waals surface area contributed by atoms with Crippen molar-refractivity contribution in [2.45, 2.75) is 6.92 Å². The topological polar surface area (TPSA) is 60.5 Å². The van der Waals surface area contributed by atoms with E-state index in [1.807, 2.05) is 13.0 Å². The van der Waals surface area contributed by atoms with Gasteiger partial charge in [0, 0.05) is 11.8 Å². The molecule has 1 heterocycles. The van der Waals surface area contributed by atoms with E-state index in [2.05, 4.69) is 10.3 Å². The quantitative estimate of drug-likeness (QED) is 0.941. The highest BCUT2D eigenvalue weighted by atomic mass is 35.5. The van der Waals surface area contributed by atoms with Crippen molar-refractivity contribution < 1.29 is 14.3 Å². The maximum absolute atomic E-state index is 12.3. The van der Waals surface area contributed by atoms with Crippen molar-refractivity contribution in [2.24, 2.45) is 0 Å². The Morgan fingerprint density at radius 1 is 1.29 bits per heavy atom. The Bertz CT molecular complexity index is 674. The molecule has 0 radical (unpaired) electrons. The van der Waals surface area contributed by atoms with Gasteiger partial charge in [-0.15, -0.1) is 0 Å². The number of benzene rings is 1. The summed E-state index contributed by atoms with van der Waals surface area (Å²) < 4.78 is 10.3. The largest absolute Gasteiger partial charge is 0.493 e. The lowest BCUT2D eigenvalue weighted by Gasteiger charge is -2.12. The Kier molecular flexibility index (Phi) is 4.65. The zero-order valence-electron chi connectivity index (χ0n) is 11.9. The number of nitrogens with one attached hydrogen (secondary N) is 1. The predicted molar refractivity (Wildman–Crippen MR) is 81.5 cm³/mol. The molecule has 0 unspecified atom stereocenters. The van der Waals surface area contributed by atoms with Crippen molar-refractivity contribution in [3.05, 3.63) is 46.6 Å². The van der Waals surface area contributed by atoms with Crippen LogP contribution in [0.25, 0.3) is 0 Å². The molecule has 0 spiro atoms. The Morgan fingerprint density at radius 2 is 2.05 bits per heavy atom. The SMILES string of the molecule is COc1cc(C(=O)Nc2ncccc2C)cc(Cl)c1OC. The lowest BCUT2D eigenvalue weighted by molar-refractivity contribution is 0.102. The van der Waals surface area contributed by atoms with Gasteiger partial charge in [-0.05, 0) is 30.7 Å². The summed E-state index contributed by atoms with van der Waals surface area (Å²) in [5.41, 5.74) is 1.24. The second-order valence-corrected chi connectivity index (χ2v) is 4.72. The summed E-state index contributed by atoms with van der Waals surface area (Å²) in [6.07, 6.45) is 1.62. The smallest absolute Gasteiger partial charge is 0.257 e. The molecule has 1 amide bonds. The standard InChI is InChI=1S/C15H15ClN2O3/c1-9-5-4-6-17-14(9)18-15(19)10-7-11(16)13(21-3)12(8-10)20-2/h4-8H,1-3H3,(H,17,18,19). The van der Waals surface area contributed by atoms with Crippen LogP contribution in [0.15, 0.2) is 30.5 Å². The molecule has 21 heavy (non-hydrogen) atoms. The number of rotatable bonds is 4. The number of pyridine rings is 1. The molecular weight excluding hydrogens is 292 g/mol. The van der Waals surface area contributed by atoms with Crippen LogP contribution in [0.5, 0.6) is 11.5 Å². The first-order valence-electron chi connectivity index (χ1n) is 6.21. The summed E-state index contributed by atoms with van der Waals surface area (Å²) in [6, 6.07) is 6.76. The first-order valence-corrected chi connectivity index (χ1v) is 6.59. The Hall–Kier alpha value is -2.27. The van der Waals surface area contributed by atoms with E-state index >= 15 is 0 Å². The van der Waals surface area contributed by atoms with E-state index in [4.69, 9.17) is 21.1 Å². The molecule has 0 aliphatic carbocycles. The van der Waals surface area contributed by atoms with E-state index in [1.165, 1.54) is 20.3 Å². The number of nitrogens with zero attached hydrogens (tertiary/aromatic N) is 1. The molecule has 0 saturated carbocycles. The van der Waals surface area contributed by atoms with Crippen LogP contribution in [0, 0.1) is 6.92 Å². The van der Waals surface area contributed by atoms with Gasteiger partial charge in [0.2, 0.25) is 0 Å². The van der Waals surface area contributed by atoms with Gasteiger partial charge in [-0.25, -0.2) is 4.98 Å². The van der Waals surface area contributed by atoms with Crippen LogP contribution in [0.4, 0.5) is 5.82 Å². The van der Waals surface area contributed by atoms with Gasteiger partial charge in [-0.2, -0.15) is 0 Å². The lowest BCUT2D eigenvalue weighted by Crippen LogP contribution is -2.14. The molecule has 110 valence electrons. The second-order valence-electron chi connectivity index (χ2n) is 4.32. The first kappa shape index (κ1) is 15.1. The van der Waals surface area contributed by atoms with Crippen LogP contribution in [0.1, 0.15) is 15.9 Å². The summed E-state index contributed by atoms with van der Waals surface area (Å²) in [7, 11) is 2.97. The van der Waals surface area contributed by atoms with Crippen LogP contribution in [0.2, 0.25) is 5.02 Å². The molecule has 0 bridgehead atoms. The number of amides is 1. The van der Waals surface area contributed by atoms with Crippen molar-refractivity contribution in [3.8, 4) is 11.5 Å². The van der Waals surface area contributed by atoms with E-state index in [-0.39, 0.29) is 5.91 Å². The molecular formula is C15H15ClN2O3. The molecule has 1 N–H and O–H groups in total. The van der Waals surface area contributed by atoms with Gasteiger partial charge in [-0.1, -0.05) is 17.7 Å². The van der Waals surface area contributed by atoms with E-state index in [1.54, 1.807) is 18.3 Å². The molecule has 0 fully saturated rings. The number of hydrogen-bond acceptors (Lipinski definition) is 4. The maximum Gasteiger partial charge on any atom is 0.257 e. The minimum atomic E-state index is -0.320. The first-order chi connectivity index (χ1) is 10.1. The lowest BCUT2D eigenvalue weighted by atomic mass is 10.1. The predicted octanol–water partition coefficient (Wildman–Crippen LogP) is 3.31. The van der Waals surface area contributed by atoms with Gasteiger partial charge in [0.1, 0.15) is 5.82 Å². The van der Waals surface area contributed by atoms with Crippen LogP contribution in [0.3, 0.4) is 0 Å². The number of aromatic nitrogens is 1. The molecule has 1 aromatic carbocycles. The average molecular weight is 307 g/mol. The number of ether oxygens (including phenoxy) is 2. The van der Waals surface area contributed by atoms with Crippen LogP contribution in [-0.4, -0.2) is 25.1 Å². The summed E-state index contributed by atoms with van der Waals surface area (Å²) in [6.45, 7) is 1.87. The van der Waals surface area contributed by atoms with Crippen LogP contribution in [-0.2, 0) is 0 Å². The minimum absolute atomic E-state index is 0.305. The molecule has 0 aliphatic heterocycles. The van der Waals surface area contributed by atoms with Crippen molar-refractivity contribution in [1.82, 2.24) is 4.98 Å². The minimum Gasteiger partial charge on any atom is -0.493 e. The molecule has 5 nitrogen and oxygen atoms in total. The number of carbonyl (C=O) groups excluding carboxylic acids is 1. The van der Waals surface area contributed by atoms with Gasteiger partial charge >= 0.3 is 0 Å². The molecule has 1 aromatic heterocycles. The fraction of sp³-hybridized carbons (Fsp3) is 0.200. The summed E-state index contributed by atoms with van der Waals surface area (Å²) in [5, 5.41) is 3.04. The third kappa shape index (κ3) is 3.25. The Labute approximate surface area is 127 Å². The normalized spacial score (nSPS) is 10.1. The Morgan fingerprint density at radius 3 is 2.67 bits per heavy atom. The number of aryl methyl sites for hydroxylation is 1. The third-order valence-electron chi connectivity index (χ3n) is 2.94. The number of halogens is 1.